The minimum Gasteiger partial charge on any atom is -0.328 e. The van der Waals surface area contributed by atoms with Crippen LogP contribution in [0.15, 0.2) is 29.2 Å². The number of anilines is 1. The van der Waals surface area contributed by atoms with Gasteiger partial charge in [0.2, 0.25) is 10.0 Å². The number of rotatable bonds is 5. The molecule has 1 saturated heterocycles. The summed E-state index contributed by atoms with van der Waals surface area (Å²) >= 11 is 0. The van der Waals surface area contributed by atoms with Crippen LogP contribution >= 0.6 is 0 Å². The van der Waals surface area contributed by atoms with E-state index in [-0.39, 0.29) is 16.8 Å². The molecule has 1 atom stereocenters. The molecule has 24 heavy (non-hydrogen) atoms. The predicted molar refractivity (Wildman–Crippen MR) is 92.7 cm³/mol. The van der Waals surface area contributed by atoms with Crippen molar-refractivity contribution in [1.82, 2.24) is 4.31 Å². The molecule has 0 aliphatic carbocycles. The van der Waals surface area contributed by atoms with Crippen LogP contribution in [0.3, 0.4) is 0 Å². The minimum absolute atomic E-state index is 0.0797. The molecule has 0 spiro atoms. The van der Waals surface area contributed by atoms with Gasteiger partial charge in [0.15, 0.2) is 6.04 Å². The van der Waals surface area contributed by atoms with Gasteiger partial charge in [0.05, 0.1) is 11.9 Å². The first-order valence-corrected chi connectivity index (χ1v) is 9.65. The molecule has 134 valence electrons. The Bertz CT molecular complexity index is 682. The van der Waals surface area contributed by atoms with Gasteiger partial charge in [0.1, 0.15) is 26.2 Å². The Morgan fingerprint density at radius 1 is 1.21 bits per heavy atom. The van der Waals surface area contributed by atoms with E-state index in [2.05, 4.69) is 12.4 Å². The Hall–Kier alpha value is -1.48. The molecule has 1 aromatic carbocycles. The third kappa shape index (κ3) is 4.32. The number of carbonyl (C=O) groups is 1. The van der Waals surface area contributed by atoms with Gasteiger partial charge in [-0.3, -0.25) is 4.79 Å². The fourth-order valence-corrected chi connectivity index (χ4v) is 3.76. The standard InChI is InChI=1S/C16H26N4O3S/c1-13(20-10-8-19(4)9-11-20)16(21)17-14-6-5-7-15(12-14)24(22,23)18(2)3/h5-7,12-13H,8-11H2,1-4H3,(H,17,21)/p+2/t13-/m0/s1. The number of likely N-dealkylation sites (N-methyl/N-ethyl adjacent to an activating group) is 1. The van der Waals surface area contributed by atoms with Crippen LogP contribution in [0.1, 0.15) is 6.92 Å². The number of carbonyl (C=O) groups excluding carboxylic acids is 1. The van der Waals surface area contributed by atoms with Crippen molar-refractivity contribution in [3.63, 3.8) is 0 Å². The second-order valence-corrected chi connectivity index (χ2v) is 8.79. The van der Waals surface area contributed by atoms with Crippen LogP contribution in [0.2, 0.25) is 0 Å². The van der Waals surface area contributed by atoms with Crippen molar-refractivity contribution < 1.29 is 23.0 Å². The Labute approximate surface area is 144 Å². The van der Waals surface area contributed by atoms with Crippen LogP contribution < -0.4 is 15.1 Å². The zero-order valence-electron chi connectivity index (χ0n) is 14.8. The minimum atomic E-state index is -3.51. The molecule has 3 N–H and O–H groups in total. The van der Waals surface area contributed by atoms with Gasteiger partial charge in [0, 0.05) is 19.8 Å². The molecular weight excluding hydrogens is 328 g/mol. The second-order valence-electron chi connectivity index (χ2n) is 6.64. The lowest BCUT2D eigenvalue weighted by molar-refractivity contribution is -1.01. The molecular formula is C16H28N4O3S+2. The first-order chi connectivity index (χ1) is 11.2. The normalized spacial score (nSPS) is 23.0. The first kappa shape index (κ1) is 18.9. The summed E-state index contributed by atoms with van der Waals surface area (Å²) in [6.45, 7) is 5.98. The number of nitrogens with one attached hydrogen (secondary N) is 3. The highest BCUT2D eigenvalue weighted by atomic mass is 32.2. The van der Waals surface area contributed by atoms with Gasteiger partial charge in [-0.25, -0.2) is 12.7 Å². The third-order valence-electron chi connectivity index (χ3n) is 4.63. The Morgan fingerprint density at radius 3 is 2.42 bits per heavy atom. The summed E-state index contributed by atoms with van der Waals surface area (Å²) < 4.78 is 25.5. The fourth-order valence-electron chi connectivity index (χ4n) is 2.81. The molecule has 1 amide bonds. The number of hydrogen-bond donors (Lipinski definition) is 3. The number of piperazine rings is 1. The average molecular weight is 356 g/mol. The summed E-state index contributed by atoms with van der Waals surface area (Å²) in [5.41, 5.74) is 0.508. The van der Waals surface area contributed by atoms with E-state index in [4.69, 9.17) is 0 Å². The van der Waals surface area contributed by atoms with Crippen molar-refractivity contribution in [3.8, 4) is 0 Å². The van der Waals surface area contributed by atoms with Gasteiger partial charge in [0.25, 0.3) is 5.91 Å². The van der Waals surface area contributed by atoms with E-state index in [1.165, 1.54) is 36.0 Å². The number of nitrogens with zero attached hydrogens (tertiary/aromatic N) is 1. The number of amides is 1. The molecule has 1 fully saturated rings. The Balaban J connectivity index is 2.07. The fraction of sp³-hybridized carbons (Fsp3) is 0.562. The maximum atomic E-state index is 12.5. The molecule has 1 aromatic rings. The van der Waals surface area contributed by atoms with Crippen molar-refractivity contribution in [2.75, 3.05) is 52.6 Å². The van der Waals surface area contributed by atoms with Crippen molar-refractivity contribution in [1.29, 1.82) is 0 Å². The number of sulfonamides is 1. The van der Waals surface area contributed by atoms with E-state index in [0.29, 0.717) is 5.69 Å². The molecule has 1 aliphatic rings. The monoisotopic (exact) mass is 356 g/mol. The van der Waals surface area contributed by atoms with E-state index in [0.717, 1.165) is 30.5 Å². The van der Waals surface area contributed by atoms with E-state index in [1.807, 2.05) is 6.92 Å². The van der Waals surface area contributed by atoms with Gasteiger partial charge in [-0.1, -0.05) is 6.07 Å². The smallest absolute Gasteiger partial charge is 0.282 e. The summed E-state index contributed by atoms with van der Waals surface area (Å²) in [6, 6.07) is 6.23. The van der Waals surface area contributed by atoms with Crippen molar-refractivity contribution in [2.45, 2.75) is 17.9 Å². The number of hydrogen-bond acceptors (Lipinski definition) is 3. The predicted octanol–water partition coefficient (Wildman–Crippen LogP) is -2.32. The largest absolute Gasteiger partial charge is 0.328 e. The Morgan fingerprint density at radius 2 is 1.83 bits per heavy atom. The highest BCUT2D eigenvalue weighted by molar-refractivity contribution is 7.89. The maximum Gasteiger partial charge on any atom is 0.282 e. The summed E-state index contributed by atoms with van der Waals surface area (Å²) in [5.74, 6) is -0.0797. The highest BCUT2D eigenvalue weighted by Crippen LogP contribution is 2.17. The molecule has 0 unspecified atom stereocenters. The summed E-state index contributed by atoms with van der Waals surface area (Å²) in [4.78, 5) is 15.4. The zero-order chi connectivity index (χ0) is 17.9. The second kappa shape index (κ2) is 7.60. The summed E-state index contributed by atoms with van der Waals surface area (Å²) in [7, 11) is 1.63. The molecule has 0 saturated carbocycles. The van der Waals surface area contributed by atoms with E-state index in [9.17, 15) is 13.2 Å². The first-order valence-electron chi connectivity index (χ1n) is 8.21. The maximum absolute atomic E-state index is 12.5. The number of quaternary nitrogens is 2. The van der Waals surface area contributed by atoms with Crippen LogP contribution in [-0.4, -0.2) is 72.0 Å². The van der Waals surface area contributed by atoms with E-state index < -0.39 is 10.0 Å². The van der Waals surface area contributed by atoms with Crippen LogP contribution in [0, 0.1) is 0 Å². The molecule has 1 aliphatic heterocycles. The third-order valence-corrected chi connectivity index (χ3v) is 6.44. The van der Waals surface area contributed by atoms with Crippen molar-refractivity contribution in [3.05, 3.63) is 24.3 Å². The SMILES string of the molecule is C[C@@H](C(=O)Nc1cccc(S(=O)(=O)N(C)C)c1)[NH+]1CC[NH+](C)CC1. The molecule has 8 heteroatoms. The van der Waals surface area contributed by atoms with Gasteiger partial charge in [-0.15, -0.1) is 0 Å². The van der Waals surface area contributed by atoms with Crippen LogP contribution in [0.4, 0.5) is 5.69 Å². The quantitative estimate of drug-likeness (QED) is 0.554. The van der Waals surface area contributed by atoms with E-state index >= 15 is 0 Å². The van der Waals surface area contributed by atoms with Gasteiger partial charge in [-0.05, 0) is 25.1 Å². The lowest BCUT2D eigenvalue weighted by Crippen LogP contribution is -3.29. The van der Waals surface area contributed by atoms with Gasteiger partial charge in [-0.2, -0.15) is 0 Å². The van der Waals surface area contributed by atoms with Crippen molar-refractivity contribution >= 4 is 21.6 Å². The lowest BCUT2D eigenvalue weighted by Gasteiger charge is -2.30. The number of benzene rings is 1. The average Bonchev–Trinajstić information content (AvgIpc) is 2.55. The molecule has 7 nitrogen and oxygen atoms in total. The Kier molecular flexibility index (Phi) is 5.97. The molecule has 0 aromatic heterocycles. The molecule has 0 radical (unpaired) electrons. The van der Waals surface area contributed by atoms with E-state index in [1.54, 1.807) is 12.1 Å². The molecule has 2 rings (SSSR count). The molecule has 1 heterocycles. The molecule has 0 bridgehead atoms. The summed E-state index contributed by atoms with van der Waals surface area (Å²) in [5, 5.41) is 2.85. The van der Waals surface area contributed by atoms with Crippen LogP contribution in [0.25, 0.3) is 0 Å². The highest BCUT2D eigenvalue weighted by Gasteiger charge is 2.29. The lowest BCUT2D eigenvalue weighted by atomic mass is 10.2. The topological polar surface area (TPSA) is 75.4 Å². The van der Waals surface area contributed by atoms with Gasteiger partial charge < -0.3 is 15.1 Å². The van der Waals surface area contributed by atoms with Gasteiger partial charge >= 0.3 is 0 Å². The van der Waals surface area contributed by atoms with Crippen molar-refractivity contribution in [2.24, 2.45) is 0 Å². The zero-order valence-corrected chi connectivity index (χ0v) is 15.6. The van der Waals surface area contributed by atoms with Crippen LogP contribution in [-0.2, 0) is 14.8 Å². The van der Waals surface area contributed by atoms with Crippen LogP contribution in [0.5, 0.6) is 0 Å². The summed E-state index contributed by atoms with van der Waals surface area (Å²) in [6.07, 6.45) is 0.